The maximum atomic E-state index is 12.1. The van der Waals surface area contributed by atoms with Crippen LogP contribution in [0, 0.1) is 0 Å². The molecule has 1 amide bonds. The molecule has 136 valence electrons. The van der Waals surface area contributed by atoms with E-state index in [1.165, 1.54) is 0 Å². The fraction of sp³-hybridized carbons (Fsp3) is 0.190. The van der Waals surface area contributed by atoms with Crippen molar-refractivity contribution in [2.45, 2.75) is 6.92 Å². The molecule has 0 heterocycles. The average molecular weight is 352 g/mol. The number of nitrogens with one attached hydrogen (secondary N) is 2. The lowest BCUT2D eigenvalue weighted by Crippen LogP contribution is -2.21. The topological polar surface area (TPSA) is 59.6 Å². The Hall–Kier alpha value is -3.21. The summed E-state index contributed by atoms with van der Waals surface area (Å²) in [4.78, 5) is 12.1. The summed E-state index contributed by atoms with van der Waals surface area (Å²) < 4.78 is 11.0. The summed E-state index contributed by atoms with van der Waals surface area (Å²) in [5.41, 5.74) is 2.42. The van der Waals surface area contributed by atoms with Crippen LogP contribution in [0.15, 0.2) is 73.3 Å². The Morgan fingerprint density at radius 3 is 2.42 bits per heavy atom. The predicted octanol–water partition coefficient (Wildman–Crippen LogP) is 4.26. The summed E-state index contributed by atoms with van der Waals surface area (Å²) in [5, 5.41) is 5.92. The first kappa shape index (κ1) is 19.1. The molecule has 0 spiro atoms. The van der Waals surface area contributed by atoms with Gasteiger partial charge in [0.05, 0.1) is 6.54 Å². The third-order valence-corrected chi connectivity index (χ3v) is 3.26. The Balaban J connectivity index is 1.86. The molecular weight excluding hydrogens is 328 g/mol. The van der Waals surface area contributed by atoms with Crippen molar-refractivity contribution in [3.8, 4) is 11.5 Å². The number of ether oxygens (including phenoxy) is 2. The standard InChI is InChI=1S/C21H24N2O3/c1-4-11-25-19-9-5-7-17(12-19)22-14-21(24)23-18-8-6-10-20(13-18)26-15-16(2)3/h4-10,12-13,22H,1-2,11,14-15H2,3H3,(H,23,24). The lowest BCUT2D eigenvalue weighted by Gasteiger charge is -2.11. The van der Waals surface area contributed by atoms with Crippen LogP contribution in [-0.4, -0.2) is 25.7 Å². The maximum Gasteiger partial charge on any atom is 0.243 e. The van der Waals surface area contributed by atoms with Crippen LogP contribution in [0.25, 0.3) is 0 Å². The van der Waals surface area contributed by atoms with Crippen molar-refractivity contribution in [2.24, 2.45) is 0 Å². The molecule has 2 aromatic carbocycles. The van der Waals surface area contributed by atoms with Gasteiger partial charge in [-0.05, 0) is 36.8 Å². The number of hydrogen-bond acceptors (Lipinski definition) is 4. The molecule has 2 rings (SSSR count). The van der Waals surface area contributed by atoms with Gasteiger partial charge in [0, 0.05) is 23.5 Å². The highest BCUT2D eigenvalue weighted by Crippen LogP contribution is 2.19. The van der Waals surface area contributed by atoms with Crippen LogP contribution in [0.5, 0.6) is 11.5 Å². The first-order chi connectivity index (χ1) is 12.6. The molecule has 26 heavy (non-hydrogen) atoms. The highest BCUT2D eigenvalue weighted by molar-refractivity contribution is 5.93. The van der Waals surface area contributed by atoms with Crippen LogP contribution < -0.4 is 20.1 Å². The van der Waals surface area contributed by atoms with Crippen LogP contribution in [0.3, 0.4) is 0 Å². The quantitative estimate of drug-likeness (QED) is 0.627. The van der Waals surface area contributed by atoms with Gasteiger partial charge in [-0.25, -0.2) is 0 Å². The molecule has 0 fully saturated rings. The number of carbonyl (C=O) groups is 1. The van der Waals surface area contributed by atoms with E-state index in [9.17, 15) is 4.79 Å². The first-order valence-electron chi connectivity index (χ1n) is 8.31. The van der Waals surface area contributed by atoms with Crippen LogP contribution in [0.4, 0.5) is 11.4 Å². The summed E-state index contributed by atoms with van der Waals surface area (Å²) in [6.45, 7) is 10.3. The van der Waals surface area contributed by atoms with Gasteiger partial charge in [-0.2, -0.15) is 0 Å². The average Bonchev–Trinajstić information content (AvgIpc) is 2.64. The molecule has 0 saturated carbocycles. The fourth-order valence-electron chi connectivity index (χ4n) is 2.11. The number of hydrogen-bond donors (Lipinski definition) is 2. The summed E-state index contributed by atoms with van der Waals surface area (Å²) in [6, 6.07) is 14.7. The molecule has 5 heteroatoms. The Morgan fingerprint density at radius 2 is 1.73 bits per heavy atom. The van der Waals surface area contributed by atoms with Crippen molar-refractivity contribution in [2.75, 3.05) is 30.4 Å². The van der Waals surface area contributed by atoms with Gasteiger partial charge in [0.1, 0.15) is 24.7 Å². The lowest BCUT2D eigenvalue weighted by atomic mass is 10.3. The van der Waals surface area contributed by atoms with Crippen molar-refractivity contribution < 1.29 is 14.3 Å². The minimum atomic E-state index is -0.153. The van der Waals surface area contributed by atoms with E-state index in [0.717, 1.165) is 17.0 Å². The smallest absolute Gasteiger partial charge is 0.243 e. The Bertz CT molecular complexity index is 771. The Kier molecular flexibility index (Phi) is 7.31. The maximum absolute atomic E-state index is 12.1. The van der Waals surface area contributed by atoms with Crippen LogP contribution in [0.2, 0.25) is 0 Å². The van der Waals surface area contributed by atoms with Gasteiger partial charge >= 0.3 is 0 Å². The van der Waals surface area contributed by atoms with E-state index in [2.05, 4.69) is 23.8 Å². The summed E-state index contributed by atoms with van der Waals surface area (Å²) >= 11 is 0. The molecule has 0 aliphatic carbocycles. The third kappa shape index (κ3) is 6.73. The second kappa shape index (κ2) is 9.93. The Labute approximate surface area is 154 Å². The second-order valence-electron chi connectivity index (χ2n) is 5.80. The highest BCUT2D eigenvalue weighted by Gasteiger charge is 2.04. The molecule has 0 aromatic heterocycles. The number of anilines is 2. The molecule has 5 nitrogen and oxygen atoms in total. The van der Waals surface area contributed by atoms with Crippen LogP contribution in [0.1, 0.15) is 6.92 Å². The van der Waals surface area contributed by atoms with Gasteiger partial charge in [-0.15, -0.1) is 0 Å². The minimum Gasteiger partial charge on any atom is -0.489 e. The number of benzene rings is 2. The largest absolute Gasteiger partial charge is 0.489 e. The summed E-state index contributed by atoms with van der Waals surface area (Å²) in [6.07, 6.45) is 1.68. The summed E-state index contributed by atoms with van der Waals surface area (Å²) in [5.74, 6) is 1.25. The van der Waals surface area contributed by atoms with E-state index < -0.39 is 0 Å². The van der Waals surface area contributed by atoms with Gasteiger partial charge in [0.15, 0.2) is 0 Å². The van der Waals surface area contributed by atoms with Gasteiger partial charge in [-0.1, -0.05) is 31.4 Å². The molecule has 2 N–H and O–H groups in total. The highest BCUT2D eigenvalue weighted by atomic mass is 16.5. The molecule has 0 saturated heterocycles. The van der Waals surface area contributed by atoms with E-state index in [1.54, 1.807) is 12.1 Å². The molecule has 2 aromatic rings. The molecule has 0 aliphatic rings. The molecular formula is C21H24N2O3. The van der Waals surface area contributed by atoms with Gasteiger partial charge < -0.3 is 20.1 Å². The fourth-order valence-corrected chi connectivity index (χ4v) is 2.11. The van der Waals surface area contributed by atoms with Gasteiger partial charge in [-0.3, -0.25) is 4.79 Å². The van der Waals surface area contributed by atoms with Crippen molar-refractivity contribution in [1.82, 2.24) is 0 Å². The van der Waals surface area contributed by atoms with Gasteiger partial charge in [0.2, 0.25) is 5.91 Å². The van der Waals surface area contributed by atoms with Crippen molar-refractivity contribution in [3.05, 3.63) is 73.3 Å². The van der Waals surface area contributed by atoms with E-state index in [0.29, 0.717) is 24.7 Å². The normalized spacial score (nSPS) is 9.88. The minimum absolute atomic E-state index is 0.141. The van der Waals surface area contributed by atoms with Crippen molar-refractivity contribution >= 4 is 17.3 Å². The predicted molar refractivity (Wildman–Crippen MR) is 106 cm³/mol. The zero-order valence-electron chi connectivity index (χ0n) is 15.0. The van der Waals surface area contributed by atoms with Crippen molar-refractivity contribution in [1.29, 1.82) is 0 Å². The summed E-state index contributed by atoms with van der Waals surface area (Å²) in [7, 11) is 0. The SMILES string of the molecule is C=CCOc1cccc(NCC(=O)Nc2cccc(OCC(=C)C)c2)c1. The van der Waals surface area contributed by atoms with E-state index in [1.807, 2.05) is 49.4 Å². The molecule has 0 unspecified atom stereocenters. The molecule has 0 atom stereocenters. The molecule has 0 radical (unpaired) electrons. The third-order valence-electron chi connectivity index (χ3n) is 3.26. The van der Waals surface area contributed by atoms with E-state index in [-0.39, 0.29) is 12.5 Å². The van der Waals surface area contributed by atoms with Crippen LogP contribution >= 0.6 is 0 Å². The number of amides is 1. The zero-order valence-corrected chi connectivity index (χ0v) is 15.0. The Morgan fingerprint density at radius 1 is 1.08 bits per heavy atom. The van der Waals surface area contributed by atoms with Crippen molar-refractivity contribution in [3.63, 3.8) is 0 Å². The number of rotatable bonds is 10. The van der Waals surface area contributed by atoms with Crippen LogP contribution in [-0.2, 0) is 4.79 Å². The lowest BCUT2D eigenvalue weighted by molar-refractivity contribution is -0.114. The van der Waals surface area contributed by atoms with Gasteiger partial charge in [0.25, 0.3) is 0 Å². The number of carbonyl (C=O) groups excluding carboxylic acids is 1. The zero-order chi connectivity index (χ0) is 18.8. The van der Waals surface area contributed by atoms with E-state index in [4.69, 9.17) is 9.47 Å². The molecule has 0 aliphatic heterocycles. The molecule has 0 bridgehead atoms. The monoisotopic (exact) mass is 352 g/mol. The van der Waals surface area contributed by atoms with E-state index >= 15 is 0 Å². The first-order valence-corrected chi connectivity index (χ1v) is 8.31. The second-order valence-corrected chi connectivity index (χ2v) is 5.80.